The summed E-state index contributed by atoms with van der Waals surface area (Å²) in [6.45, 7) is 5.89. The van der Waals surface area contributed by atoms with E-state index in [2.05, 4.69) is 21.0 Å². The van der Waals surface area contributed by atoms with Crippen LogP contribution in [0.1, 0.15) is 55.8 Å². The normalized spacial score (nSPS) is 11.0. The molecule has 150 valence electrons. The van der Waals surface area contributed by atoms with Gasteiger partial charge in [0.2, 0.25) is 0 Å². The van der Waals surface area contributed by atoms with E-state index in [-0.39, 0.29) is 23.0 Å². The summed E-state index contributed by atoms with van der Waals surface area (Å²) in [7, 11) is 4.51. The molecule has 0 aliphatic carbocycles. The van der Waals surface area contributed by atoms with E-state index < -0.39 is 0 Å². The largest absolute Gasteiger partial charge is 1.00 e. The predicted octanol–water partition coefficient (Wildman–Crippen LogP) is 1.30. The number of halogens is 1. The van der Waals surface area contributed by atoms with Crippen LogP contribution in [-0.4, -0.2) is 57.5 Å². The smallest absolute Gasteiger partial charge is 0.338 e. The highest BCUT2D eigenvalue weighted by Gasteiger charge is 2.14. The van der Waals surface area contributed by atoms with Crippen molar-refractivity contribution in [2.24, 2.45) is 0 Å². The predicted molar refractivity (Wildman–Crippen MR) is 103 cm³/mol. The monoisotopic (exact) mass is 429 g/mol. The van der Waals surface area contributed by atoms with Gasteiger partial charge in [-0.2, -0.15) is 0 Å². The van der Waals surface area contributed by atoms with Gasteiger partial charge in [-0.3, -0.25) is 0 Å². The molecule has 0 aliphatic heterocycles. The lowest BCUT2D eigenvalue weighted by molar-refractivity contribution is -0.891. The molecule has 0 aliphatic rings. The van der Waals surface area contributed by atoms with Crippen LogP contribution in [0.2, 0.25) is 0 Å². The molecule has 26 heavy (non-hydrogen) atoms. The Hall–Kier alpha value is -0.910. The van der Waals surface area contributed by atoms with E-state index in [4.69, 9.17) is 9.47 Å². The van der Waals surface area contributed by atoms with Crippen LogP contribution >= 0.6 is 0 Å². The number of rotatable bonds is 14. The molecule has 5 heteroatoms. The van der Waals surface area contributed by atoms with Gasteiger partial charge in [0, 0.05) is 0 Å². The summed E-state index contributed by atoms with van der Waals surface area (Å²) in [5.41, 5.74) is 0.583. The number of unbranched alkanes of at least 4 members (excludes halogenated alkanes) is 5. The van der Waals surface area contributed by atoms with Crippen molar-refractivity contribution in [1.29, 1.82) is 0 Å². The Morgan fingerprint density at radius 1 is 0.885 bits per heavy atom. The van der Waals surface area contributed by atoms with Crippen molar-refractivity contribution in [3.05, 3.63) is 35.9 Å². The van der Waals surface area contributed by atoms with Crippen molar-refractivity contribution in [1.82, 2.24) is 0 Å². The standard InChI is InChI=1S/C21H36NO3.BrH/c1-4-5-6-7-8-12-15-22(2,3)16-17-24-18-19-25-21(23)20-13-10-9-11-14-20;/h9-11,13-14H,4-8,12,15-19H2,1-3H3;1H/q+1;/p-1. The van der Waals surface area contributed by atoms with Crippen molar-refractivity contribution in [3.8, 4) is 0 Å². The first-order valence-corrected chi connectivity index (χ1v) is 9.67. The molecule has 0 atom stereocenters. The summed E-state index contributed by atoms with van der Waals surface area (Å²) in [5, 5.41) is 0. The lowest BCUT2D eigenvalue weighted by Crippen LogP contribution is -3.00. The van der Waals surface area contributed by atoms with Crippen molar-refractivity contribution in [2.45, 2.75) is 45.4 Å². The zero-order valence-corrected chi connectivity index (χ0v) is 18.3. The average Bonchev–Trinajstić information content (AvgIpc) is 2.61. The summed E-state index contributed by atoms with van der Waals surface area (Å²) in [5.74, 6) is -0.289. The Bertz CT molecular complexity index is 466. The second-order valence-electron chi connectivity index (χ2n) is 7.27. The van der Waals surface area contributed by atoms with E-state index in [1.807, 2.05) is 18.2 Å². The number of hydrogen-bond acceptors (Lipinski definition) is 3. The SMILES string of the molecule is CCCCCCCC[N+](C)(C)CCOCCOC(=O)c1ccccc1.[Br-]. The molecule has 1 aromatic carbocycles. The number of benzene rings is 1. The number of esters is 1. The highest BCUT2D eigenvalue weighted by Crippen LogP contribution is 2.08. The van der Waals surface area contributed by atoms with Crippen LogP contribution in [0.3, 0.4) is 0 Å². The molecule has 1 rings (SSSR count). The van der Waals surface area contributed by atoms with Gasteiger partial charge in [-0.1, -0.05) is 50.8 Å². The maximum absolute atomic E-state index is 11.8. The van der Waals surface area contributed by atoms with E-state index in [0.29, 0.717) is 25.4 Å². The number of quaternary nitrogens is 1. The van der Waals surface area contributed by atoms with Crippen LogP contribution in [-0.2, 0) is 9.47 Å². The zero-order valence-electron chi connectivity index (χ0n) is 16.7. The number of hydrogen-bond donors (Lipinski definition) is 0. The van der Waals surface area contributed by atoms with E-state index >= 15 is 0 Å². The molecular weight excluding hydrogens is 394 g/mol. The van der Waals surface area contributed by atoms with Gasteiger partial charge in [-0.15, -0.1) is 0 Å². The van der Waals surface area contributed by atoms with Gasteiger partial charge in [0.15, 0.2) is 0 Å². The number of nitrogens with zero attached hydrogens (tertiary/aromatic N) is 1. The third-order valence-electron chi connectivity index (χ3n) is 4.43. The molecular formula is C21H36BrNO3. The molecule has 0 unspecified atom stereocenters. The first kappa shape index (κ1) is 25.1. The van der Waals surface area contributed by atoms with Gasteiger partial charge in [-0.25, -0.2) is 4.79 Å². The van der Waals surface area contributed by atoms with Crippen molar-refractivity contribution < 1.29 is 35.7 Å². The zero-order chi connectivity index (χ0) is 18.4. The lowest BCUT2D eigenvalue weighted by Gasteiger charge is -2.29. The minimum Gasteiger partial charge on any atom is -1.00 e. The Morgan fingerprint density at radius 3 is 2.23 bits per heavy atom. The van der Waals surface area contributed by atoms with Gasteiger partial charge < -0.3 is 30.9 Å². The van der Waals surface area contributed by atoms with Crippen molar-refractivity contribution in [2.75, 3.05) is 47.0 Å². The fourth-order valence-corrected chi connectivity index (χ4v) is 2.70. The maximum atomic E-state index is 11.8. The highest BCUT2D eigenvalue weighted by atomic mass is 79.9. The molecule has 1 aromatic rings. The van der Waals surface area contributed by atoms with E-state index in [1.54, 1.807) is 12.1 Å². The summed E-state index contributed by atoms with van der Waals surface area (Å²) < 4.78 is 11.8. The van der Waals surface area contributed by atoms with Gasteiger partial charge >= 0.3 is 5.97 Å². The van der Waals surface area contributed by atoms with E-state index in [9.17, 15) is 4.79 Å². The topological polar surface area (TPSA) is 35.5 Å². The van der Waals surface area contributed by atoms with Crippen LogP contribution in [0.15, 0.2) is 30.3 Å². The molecule has 0 radical (unpaired) electrons. The second kappa shape index (κ2) is 15.2. The number of carbonyl (C=O) groups excluding carboxylic acids is 1. The third kappa shape index (κ3) is 12.4. The van der Waals surface area contributed by atoms with Crippen LogP contribution in [0.4, 0.5) is 0 Å². The number of likely N-dealkylation sites (N-methyl/N-ethyl adjacent to an activating group) is 1. The fraction of sp³-hybridized carbons (Fsp3) is 0.667. The molecule has 0 aromatic heterocycles. The maximum Gasteiger partial charge on any atom is 0.338 e. The molecule has 0 saturated heterocycles. The Balaban J connectivity index is 0.00000625. The molecule has 0 N–H and O–H groups in total. The molecule has 0 bridgehead atoms. The Kier molecular flexibility index (Phi) is 14.6. The summed E-state index contributed by atoms with van der Waals surface area (Å²) in [4.78, 5) is 11.8. The summed E-state index contributed by atoms with van der Waals surface area (Å²) >= 11 is 0. The first-order chi connectivity index (χ1) is 12.0. The second-order valence-corrected chi connectivity index (χ2v) is 7.27. The quantitative estimate of drug-likeness (QED) is 0.254. The minimum atomic E-state index is -0.289. The van der Waals surface area contributed by atoms with Crippen LogP contribution in [0.5, 0.6) is 0 Å². The average molecular weight is 430 g/mol. The fourth-order valence-electron chi connectivity index (χ4n) is 2.70. The van der Waals surface area contributed by atoms with Crippen molar-refractivity contribution >= 4 is 5.97 Å². The van der Waals surface area contributed by atoms with Gasteiger partial charge in [0.05, 0.1) is 39.4 Å². The van der Waals surface area contributed by atoms with Crippen LogP contribution in [0, 0.1) is 0 Å². The van der Waals surface area contributed by atoms with Gasteiger partial charge in [0.25, 0.3) is 0 Å². The minimum absolute atomic E-state index is 0. The Morgan fingerprint density at radius 2 is 1.54 bits per heavy atom. The van der Waals surface area contributed by atoms with E-state index in [1.165, 1.54) is 45.1 Å². The molecule has 4 nitrogen and oxygen atoms in total. The lowest BCUT2D eigenvalue weighted by atomic mass is 10.1. The number of ether oxygens (including phenoxy) is 2. The third-order valence-corrected chi connectivity index (χ3v) is 4.43. The van der Waals surface area contributed by atoms with Gasteiger partial charge in [0.1, 0.15) is 13.2 Å². The summed E-state index contributed by atoms with van der Waals surface area (Å²) in [6, 6.07) is 9.05. The van der Waals surface area contributed by atoms with Crippen molar-refractivity contribution in [3.63, 3.8) is 0 Å². The van der Waals surface area contributed by atoms with Crippen LogP contribution < -0.4 is 17.0 Å². The molecule has 0 spiro atoms. The molecule has 0 fully saturated rings. The molecule has 0 amide bonds. The number of carbonyl (C=O) groups is 1. The first-order valence-electron chi connectivity index (χ1n) is 9.67. The summed E-state index contributed by atoms with van der Waals surface area (Å²) in [6.07, 6.45) is 8.01. The highest BCUT2D eigenvalue weighted by molar-refractivity contribution is 5.89. The Labute approximate surface area is 170 Å². The van der Waals surface area contributed by atoms with Gasteiger partial charge in [-0.05, 0) is 25.0 Å². The van der Waals surface area contributed by atoms with E-state index in [0.717, 1.165) is 11.0 Å². The molecule has 0 heterocycles. The molecule has 0 saturated carbocycles. The van der Waals surface area contributed by atoms with Crippen LogP contribution in [0.25, 0.3) is 0 Å².